The molecule has 0 unspecified atom stereocenters. The Balaban J connectivity index is 2.07. The lowest BCUT2D eigenvalue weighted by molar-refractivity contribution is 0.207. The van der Waals surface area contributed by atoms with Gasteiger partial charge in [-0.2, -0.15) is 0 Å². The zero-order valence-corrected chi connectivity index (χ0v) is 14.7. The lowest BCUT2D eigenvalue weighted by atomic mass is 10.2. The van der Waals surface area contributed by atoms with E-state index >= 15 is 0 Å². The van der Waals surface area contributed by atoms with E-state index in [1.165, 1.54) is 31.2 Å². The summed E-state index contributed by atoms with van der Waals surface area (Å²) in [5.41, 5.74) is 1.26. The molecule has 2 nitrogen and oxygen atoms in total. The molecule has 0 radical (unpaired) electrons. The molecule has 1 aliphatic rings. The van der Waals surface area contributed by atoms with Gasteiger partial charge in [-0.05, 0) is 75.2 Å². The van der Waals surface area contributed by atoms with E-state index in [9.17, 15) is 0 Å². The standard InChI is InChI=1S/C15H21Br2NO/c1-10(2)18-9-11-7-13(16)15(14(17)8-11)19-12-5-3-4-6-12/h7-8,10,12,18H,3-6,9H2,1-2H3. The largest absolute Gasteiger partial charge is 0.488 e. The van der Waals surface area contributed by atoms with Crippen LogP contribution >= 0.6 is 31.9 Å². The number of rotatable bonds is 5. The van der Waals surface area contributed by atoms with Crippen LogP contribution < -0.4 is 10.1 Å². The maximum Gasteiger partial charge on any atom is 0.148 e. The molecule has 0 aromatic heterocycles. The Labute approximate surface area is 132 Å². The summed E-state index contributed by atoms with van der Waals surface area (Å²) in [5.74, 6) is 0.945. The molecule has 19 heavy (non-hydrogen) atoms. The van der Waals surface area contributed by atoms with Crippen molar-refractivity contribution >= 4 is 31.9 Å². The number of nitrogens with one attached hydrogen (secondary N) is 1. The van der Waals surface area contributed by atoms with Gasteiger partial charge in [-0.25, -0.2) is 0 Å². The lowest BCUT2D eigenvalue weighted by Gasteiger charge is -2.17. The third-order valence-corrected chi connectivity index (χ3v) is 4.54. The second kappa shape index (κ2) is 7.09. The SMILES string of the molecule is CC(C)NCc1cc(Br)c(OC2CCCC2)c(Br)c1. The van der Waals surface area contributed by atoms with Crippen LogP contribution in [0.25, 0.3) is 0 Å². The molecule has 1 aromatic rings. The second-order valence-electron chi connectivity index (χ2n) is 5.45. The molecule has 0 aliphatic heterocycles. The van der Waals surface area contributed by atoms with Gasteiger partial charge in [0, 0.05) is 12.6 Å². The summed E-state index contributed by atoms with van der Waals surface area (Å²) in [4.78, 5) is 0. The highest BCUT2D eigenvalue weighted by atomic mass is 79.9. The Hall–Kier alpha value is -0.0600. The molecule has 1 fully saturated rings. The van der Waals surface area contributed by atoms with Crippen molar-refractivity contribution in [2.45, 2.75) is 58.2 Å². The average Bonchev–Trinajstić information content (AvgIpc) is 2.84. The van der Waals surface area contributed by atoms with Gasteiger partial charge in [0.1, 0.15) is 5.75 Å². The topological polar surface area (TPSA) is 21.3 Å². The van der Waals surface area contributed by atoms with Crippen LogP contribution in [-0.4, -0.2) is 12.1 Å². The predicted molar refractivity (Wildman–Crippen MR) is 86.7 cm³/mol. The van der Waals surface area contributed by atoms with Gasteiger partial charge in [0.15, 0.2) is 0 Å². The second-order valence-corrected chi connectivity index (χ2v) is 7.16. The van der Waals surface area contributed by atoms with Crippen LogP contribution in [0.4, 0.5) is 0 Å². The van der Waals surface area contributed by atoms with Crippen molar-refractivity contribution < 1.29 is 4.74 Å². The van der Waals surface area contributed by atoms with Crippen molar-refractivity contribution in [2.75, 3.05) is 0 Å². The minimum atomic E-state index is 0.382. The highest BCUT2D eigenvalue weighted by molar-refractivity contribution is 9.11. The fraction of sp³-hybridized carbons (Fsp3) is 0.600. The summed E-state index contributed by atoms with van der Waals surface area (Å²) in [7, 11) is 0. The molecule has 106 valence electrons. The molecule has 1 saturated carbocycles. The van der Waals surface area contributed by atoms with Gasteiger partial charge in [-0.3, -0.25) is 0 Å². The molecule has 0 bridgehead atoms. The molecule has 1 aliphatic carbocycles. The Morgan fingerprint density at radius 1 is 1.21 bits per heavy atom. The van der Waals surface area contributed by atoms with Gasteiger partial charge >= 0.3 is 0 Å². The molecular weight excluding hydrogens is 370 g/mol. The van der Waals surface area contributed by atoms with Crippen LogP contribution in [-0.2, 0) is 6.54 Å². The van der Waals surface area contributed by atoms with Gasteiger partial charge in [0.05, 0.1) is 15.0 Å². The maximum absolute atomic E-state index is 6.10. The smallest absolute Gasteiger partial charge is 0.148 e. The van der Waals surface area contributed by atoms with Crippen molar-refractivity contribution in [3.8, 4) is 5.75 Å². The third kappa shape index (κ3) is 4.47. The summed E-state index contributed by atoms with van der Waals surface area (Å²) in [5, 5.41) is 3.43. The third-order valence-electron chi connectivity index (χ3n) is 3.36. The van der Waals surface area contributed by atoms with Crippen LogP contribution in [0.1, 0.15) is 45.1 Å². The Kier molecular flexibility index (Phi) is 5.72. The van der Waals surface area contributed by atoms with E-state index in [2.05, 4.69) is 63.2 Å². The molecule has 1 N–H and O–H groups in total. The van der Waals surface area contributed by atoms with E-state index in [-0.39, 0.29) is 0 Å². The first-order chi connectivity index (χ1) is 9.06. The first-order valence-electron chi connectivity index (χ1n) is 6.94. The Morgan fingerprint density at radius 3 is 2.32 bits per heavy atom. The van der Waals surface area contributed by atoms with Crippen molar-refractivity contribution in [3.63, 3.8) is 0 Å². The highest BCUT2D eigenvalue weighted by Crippen LogP contribution is 2.37. The van der Waals surface area contributed by atoms with Crippen LogP contribution in [0.5, 0.6) is 5.75 Å². The predicted octanol–water partition coefficient (Wildman–Crippen LogP) is 5.03. The van der Waals surface area contributed by atoms with Crippen molar-refractivity contribution in [3.05, 3.63) is 26.6 Å². The summed E-state index contributed by atoms with van der Waals surface area (Å²) in [6.07, 6.45) is 5.31. The lowest BCUT2D eigenvalue weighted by Crippen LogP contribution is -2.21. The van der Waals surface area contributed by atoms with Crippen molar-refractivity contribution in [1.29, 1.82) is 0 Å². The quantitative estimate of drug-likeness (QED) is 0.760. The summed E-state index contributed by atoms with van der Waals surface area (Å²) >= 11 is 7.26. The van der Waals surface area contributed by atoms with Gasteiger partial charge < -0.3 is 10.1 Å². The van der Waals surface area contributed by atoms with E-state index in [1.54, 1.807) is 0 Å². The highest BCUT2D eigenvalue weighted by Gasteiger charge is 2.19. The number of benzene rings is 1. The van der Waals surface area contributed by atoms with E-state index in [0.717, 1.165) is 21.2 Å². The van der Waals surface area contributed by atoms with Crippen LogP contribution in [0.3, 0.4) is 0 Å². The summed E-state index contributed by atoms with van der Waals surface area (Å²) < 4.78 is 8.18. The van der Waals surface area contributed by atoms with E-state index in [4.69, 9.17) is 4.74 Å². The van der Waals surface area contributed by atoms with Crippen LogP contribution in [0.15, 0.2) is 21.1 Å². The van der Waals surface area contributed by atoms with Crippen molar-refractivity contribution in [1.82, 2.24) is 5.32 Å². The van der Waals surface area contributed by atoms with Crippen LogP contribution in [0.2, 0.25) is 0 Å². The minimum Gasteiger partial charge on any atom is -0.488 e. The van der Waals surface area contributed by atoms with Crippen molar-refractivity contribution in [2.24, 2.45) is 0 Å². The van der Waals surface area contributed by atoms with Crippen LogP contribution in [0, 0.1) is 0 Å². The molecular formula is C15H21Br2NO. The molecule has 0 atom stereocenters. The van der Waals surface area contributed by atoms with Gasteiger partial charge in [-0.15, -0.1) is 0 Å². The summed E-state index contributed by atoms with van der Waals surface area (Å²) in [6.45, 7) is 5.18. The van der Waals surface area contributed by atoms with E-state index in [0.29, 0.717) is 12.1 Å². The zero-order chi connectivity index (χ0) is 13.8. The fourth-order valence-electron chi connectivity index (χ4n) is 2.32. The Bertz CT molecular complexity index is 405. The van der Waals surface area contributed by atoms with E-state index in [1.807, 2.05) is 0 Å². The molecule has 4 heteroatoms. The number of hydrogen-bond donors (Lipinski definition) is 1. The fourth-order valence-corrected chi connectivity index (χ4v) is 3.79. The average molecular weight is 391 g/mol. The number of halogens is 2. The minimum absolute atomic E-state index is 0.382. The van der Waals surface area contributed by atoms with Gasteiger partial charge in [0.25, 0.3) is 0 Å². The first kappa shape index (κ1) is 15.3. The Morgan fingerprint density at radius 2 is 1.79 bits per heavy atom. The maximum atomic E-state index is 6.10. The van der Waals surface area contributed by atoms with Gasteiger partial charge in [-0.1, -0.05) is 13.8 Å². The molecule has 0 saturated heterocycles. The molecule has 0 heterocycles. The van der Waals surface area contributed by atoms with E-state index < -0.39 is 0 Å². The summed E-state index contributed by atoms with van der Waals surface area (Å²) in [6, 6.07) is 4.78. The number of ether oxygens (including phenoxy) is 1. The monoisotopic (exact) mass is 389 g/mol. The first-order valence-corrected chi connectivity index (χ1v) is 8.53. The number of hydrogen-bond acceptors (Lipinski definition) is 2. The molecule has 2 rings (SSSR count). The molecule has 1 aromatic carbocycles. The molecule has 0 spiro atoms. The zero-order valence-electron chi connectivity index (χ0n) is 11.5. The molecule has 0 amide bonds. The van der Waals surface area contributed by atoms with Gasteiger partial charge in [0.2, 0.25) is 0 Å². The normalized spacial score (nSPS) is 16.3.